The summed E-state index contributed by atoms with van der Waals surface area (Å²) in [5, 5.41) is 0. The van der Waals surface area contributed by atoms with Crippen molar-refractivity contribution in [2.24, 2.45) is 0 Å². The number of allylic oxidation sites excluding steroid dienone is 20. The van der Waals surface area contributed by atoms with Crippen molar-refractivity contribution < 1.29 is 28.6 Å². The summed E-state index contributed by atoms with van der Waals surface area (Å²) in [5.74, 6) is -0.965. The summed E-state index contributed by atoms with van der Waals surface area (Å²) >= 11 is 0. The lowest BCUT2D eigenvalue weighted by Crippen LogP contribution is -2.30. The first kappa shape index (κ1) is 66.8. The Hall–Kier alpha value is -4.19. The number of unbranched alkanes of at least 4 members (excludes halogenated alkanes) is 20. The van der Waals surface area contributed by atoms with E-state index in [1.54, 1.807) is 0 Å². The molecule has 0 aliphatic rings. The van der Waals surface area contributed by atoms with Crippen molar-refractivity contribution in [1.29, 1.82) is 0 Å². The van der Waals surface area contributed by atoms with E-state index < -0.39 is 6.10 Å². The molecule has 0 saturated heterocycles. The van der Waals surface area contributed by atoms with E-state index in [0.29, 0.717) is 12.8 Å². The first-order valence-electron chi connectivity index (χ1n) is 29.0. The average Bonchev–Trinajstić information content (AvgIpc) is 3.37. The van der Waals surface area contributed by atoms with Crippen LogP contribution in [0, 0.1) is 0 Å². The van der Waals surface area contributed by atoms with Crippen molar-refractivity contribution in [3.8, 4) is 0 Å². The molecule has 6 nitrogen and oxygen atoms in total. The number of hydrogen-bond acceptors (Lipinski definition) is 6. The van der Waals surface area contributed by atoms with Gasteiger partial charge in [0, 0.05) is 19.3 Å². The molecule has 0 aliphatic carbocycles. The Morgan fingerprint density at radius 2 is 0.507 bits per heavy atom. The topological polar surface area (TPSA) is 78.9 Å². The third kappa shape index (κ3) is 56.6. The standard InChI is InChI=1S/C65H106O6/c1-4-7-10-13-16-19-22-25-26-27-28-29-30-31-32-33-34-35-36-37-38-41-43-46-49-52-55-58-64(67)70-61-62(71-65(68)59-56-53-50-47-44-40-24-21-18-15-12-9-6-3)60-69-63(66)57-54-51-48-45-42-39-23-20-17-14-11-8-5-2/h7-12,16-21,25-26,28-29,39-40,42,44,62H,4-6,13-15,22-24,27,30-38,41,43,45-61H2,1-3H3/b10-7-,11-8-,12-9-,19-16-,20-17-,21-18-,26-25-,29-28-,42-39-,44-40-. The first-order chi connectivity index (χ1) is 35.0. The van der Waals surface area contributed by atoms with Crippen molar-refractivity contribution in [1.82, 2.24) is 0 Å². The molecule has 71 heavy (non-hydrogen) atoms. The minimum Gasteiger partial charge on any atom is -0.462 e. The van der Waals surface area contributed by atoms with E-state index in [1.165, 1.54) is 77.0 Å². The molecular weight excluding hydrogens is 877 g/mol. The lowest BCUT2D eigenvalue weighted by molar-refractivity contribution is -0.167. The maximum Gasteiger partial charge on any atom is 0.306 e. The predicted octanol–water partition coefficient (Wildman–Crippen LogP) is 19.6. The van der Waals surface area contributed by atoms with Crippen LogP contribution in [-0.2, 0) is 28.6 Å². The van der Waals surface area contributed by atoms with Crippen LogP contribution in [0.4, 0.5) is 0 Å². The van der Waals surface area contributed by atoms with Gasteiger partial charge in [-0.05, 0) is 122 Å². The van der Waals surface area contributed by atoms with Crippen LogP contribution in [0.3, 0.4) is 0 Å². The van der Waals surface area contributed by atoms with E-state index in [-0.39, 0.29) is 37.5 Å². The molecule has 0 bridgehead atoms. The van der Waals surface area contributed by atoms with Crippen LogP contribution in [0.5, 0.6) is 0 Å². The minimum atomic E-state index is -0.808. The number of hydrogen-bond donors (Lipinski definition) is 0. The van der Waals surface area contributed by atoms with E-state index in [0.717, 1.165) is 135 Å². The molecule has 0 aliphatic heterocycles. The number of carbonyl (C=O) groups excluding carboxylic acids is 3. The molecule has 0 heterocycles. The second-order valence-corrected chi connectivity index (χ2v) is 18.8. The van der Waals surface area contributed by atoms with Crippen LogP contribution < -0.4 is 0 Å². The monoisotopic (exact) mass is 983 g/mol. The van der Waals surface area contributed by atoms with Crippen molar-refractivity contribution >= 4 is 17.9 Å². The van der Waals surface area contributed by atoms with Gasteiger partial charge in [-0.1, -0.05) is 232 Å². The number of rotatable bonds is 51. The fourth-order valence-electron chi connectivity index (χ4n) is 7.70. The van der Waals surface area contributed by atoms with Gasteiger partial charge in [-0.3, -0.25) is 14.4 Å². The Balaban J connectivity index is 4.28. The van der Waals surface area contributed by atoms with E-state index in [1.807, 2.05) is 0 Å². The summed E-state index contributed by atoms with van der Waals surface area (Å²) < 4.78 is 16.8. The van der Waals surface area contributed by atoms with Crippen molar-refractivity contribution in [2.75, 3.05) is 13.2 Å². The molecule has 1 atom stereocenters. The van der Waals surface area contributed by atoms with Gasteiger partial charge in [-0.2, -0.15) is 0 Å². The lowest BCUT2D eigenvalue weighted by Gasteiger charge is -2.18. The van der Waals surface area contributed by atoms with Crippen LogP contribution in [0.25, 0.3) is 0 Å². The fraction of sp³-hybridized carbons (Fsp3) is 0.646. The Bertz CT molecular complexity index is 1500. The zero-order chi connectivity index (χ0) is 51.4. The molecule has 0 aromatic carbocycles. The van der Waals surface area contributed by atoms with E-state index in [4.69, 9.17) is 14.2 Å². The average molecular weight is 984 g/mol. The molecule has 0 N–H and O–H groups in total. The van der Waals surface area contributed by atoms with Crippen molar-refractivity contribution in [2.45, 2.75) is 258 Å². The van der Waals surface area contributed by atoms with Gasteiger partial charge >= 0.3 is 17.9 Å². The Morgan fingerprint density at radius 1 is 0.282 bits per heavy atom. The second kappa shape index (κ2) is 58.4. The Kier molecular flexibility index (Phi) is 54.9. The molecule has 0 saturated carbocycles. The molecule has 0 aromatic heterocycles. The van der Waals surface area contributed by atoms with E-state index >= 15 is 0 Å². The molecule has 0 amide bonds. The zero-order valence-corrected chi connectivity index (χ0v) is 45.9. The van der Waals surface area contributed by atoms with Crippen LogP contribution in [0.1, 0.15) is 252 Å². The summed E-state index contributed by atoms with van der Waals surface area (Å²) in [4.78, 5) is 38.1. The summed E-state index contributed by atoms with van der Waals surface area (Å²) in [6.07, 6.45) is 80.7. The molecule has 0 aromatic rings. The smallest absolute Gasteiger partial charge is 0.306 e. The maximum atomic E-state index is 12.8. The van der Waals surface area contributed by atoms with Crippen LogP contribution >= 0.6 is 0 Å². The minimum absolute atomic E-state index is 0.102. The van der Waals surface area contributed by atoms with Gasteiger partial charge in [0.15, 0.2) is 6.10 Å². The summed E-state index contributed by atoms with van der Waals surface area (Å²) in [6, 6.07) is 0. The highest BCUT2D eigenvalue weighted by molar-refractivity contribution is 5.71. The van der Waals surface area contributed by atoms with Gasteiger partial charge in [0.2, 0.25) is 0 Å². The third-order valence-corrected chi connectivity index (χ3v) is 11.9. The normalized spacial score (nSPS) is 13.0. The van der Waals surface area contributed by atoms with Gasteiger partial charge in [0.05, 0.1) is 0 Å². The molecule has 0 fully saturated rings. The molecule has 1 unspecified atom stereocenters. The number of carbonyl (C=O) groups is 3. The summed E-state index contributed by atoms with van der Waals surface area (Å²) in [6.45, 7) is 6.24. The molecular formula is C65H106O6. The van der Waals surface area contributed by atoms with Gasteiger partial charge in [0.25, 0.3) is 0 Å². The number of ether oxygens (including phenoxy) is 3. The predicted molar refractivity (Wildman–Crippen MR) is 306 cm³/mol. The Morgan fingerprint density at radius 3 is 0.803 bits per heavy atom. The van der Waals surface area contributed by atoms with E-state index in [2.05, 4.69) is 142 Å². The second-order valence-electron chi connectivity index (χ2n) is 18.8. The van der Waals surface area contributed by atoms with Crippen LogP contribution in [-0.4, -0.2) is 37.2 Å². The van der Waals surface area contributed by atoms with Gasteiger partial charge < -0.3 is 14.2 Å². The highest BCUT2D eigenvalue weighted by Gasteiger charge is 2.19. The SMILES string of the molecule is CC/C=C\C/C=C\C/C=C\C/C=C\CCCCCCCCCCCCCCCCC(=O)OCC(COC(=O)CCCCC/C=C\C/C=C\C/C=C\CC)OC(=O)CCCCC/C=C\C/C=C\C/C=C\CC. The highest BCUT2D eigenvalue weighted by Crippen LogP contribution is 2.15. The molecule has 0 rings (SSSR count). The largest absolute Gasteiger partial charge is 0.462 e. The van der Waals surface area contributed by atoms with Crippen LogP contribution in [0.2, 0.25) is 0 Å². The lowest BCUT2D eigenvalue weighted by atomic mass is 10.0. The molecule has 0 spiro atoms. The maximum absolute atomic E-state index is 12.8. The summed E-state index contributed by atoms with van der Waals surface area (Å²) in [5.41, 5.74) is 0. The van der Waals surface area contributed by atoms with Gasteiger partial charge in [0.1, 0.15) is 13.2 Å². The third-order valence-electron chi connectivity index (χ3n) is 11.9. The van der Waals surface area contributed by atoms with Gasteiger partial charge in [-0.25, -0.2) is 0 Å². The number of esters is 3. The summed E-state index contributed by atoms with van der Waals surface area (Å²) in [7, 11) is 0. The van der Waals surface area contributed by atoms with Gasteiger partial charge in [-0.15, -0.1) is 0 Å². The highest BCUT2D eigenvalue weighted by atomic mass is 16.6. The first-order valence-corrected chi connectivity index (χ1v) is 29.0. The molecule has 6 heteroatoms. The quantitative estimate of drug-likeness (QED) is 0.0261. The zero-order valence-electron chi connectivity index (χ0n) is 45.9. The van der Waals surface area contributed by atoms with E-state index in [9.17, 15) is 14.4 Å². The Labute approximate surface area is 437 Å². The molecule has 402 valence electrons. The van der Waals surface area contributed by atoms with Crippen LogP contribution in [0.15, 0.2) is 122 Å². The van der Waals surface area contributed by atoms with Crippen molar-refractivity contribution in [3.63, 3.8) is 0 Å². The fourth-order valence-corrected chi connectivity index (χ4v) is 7.70. The molecule has 0 radical (unpaired) electrons. The van der Waals surface area contributed by atoms with Crippen molar-refractivity contribution in [3.05, 3.63) is 122 Å².